The van der Waals surface area contributed by atoms with Crippen molar-refractivity contribution < 1.29 is 22.7 Å². The van der Waals surface area contributed by atoms with Crippen LogP contribution in [0.5, 0.6) is 11.5 Å². The Balaban J connectivity index is 1.79. The van der Waals surface area contributed by atoms with Crippen LogP contribution in [0, 0.1) is 0 Å². The number of nitrogens with one attached hydrogen (secondary N) is 1. The molecule has 7 nitrogen and oxygen atoms in total. The number of methoxy groups -OCH3 is 1. The molecule has 2 aromatic carbocycles. The summed E-state index contributed by atoms with van der Waals surface area (Å²) in [5.41, 5.74) is 1.08. The number of benzene rings is 2. The Bertz CT molecular complexity index is 926. The maximum Gasteiger partial charge on any atom is 0.261 e. The van der Waals surface area contributed by atoms with Gasteiger partial charge in [0.1, 0.15) is 0 Å². The Morgan fingerprint density at radius 3 is 2.44 bits per heavy atom. The maximum atomic E-state index is 12.6. The zero-order valence-electron chi connectivity index (χ0n) is 15.3. The van der Waals surface area contributed by atoms with Crippen LogP contribution in [0.3, 0.4) is 0 Å². The Morgan fingerprint density at radius 1 is 1.11 bits per heavy atom. The van der Waals surface area contributed by atoms with Crippen molar-refractivity contribution in [2.75, 3.05) is 29.9 Å². The second-order valence-corrected chi connectivity index (χ2v) is 7.73. The number of hydrogen-bond donors (Lipinski definition) is 1. The second-order valence-electron chi connectivity index (χ2n) is 6.05. The van der Waals surface area contributed by atoms with Crippen LogP contribution in [0.25, 0.3) is 0 Å². The van der Waals surface area contributed by atoms with Gasteiger partial charge in [0.15, 0.2) is 11.5 Å². The molecule has 1 N–H and O–H groups in total. The first-order valence-electron chi connectivity index (χ1n) is 8.68. The smallest absolute Gasteiger partial charge is 0.261 e. The highest BCUT2D eigenvalue weighted by Gasteiger charge is 2.22. The molecule has 2 aromatic rings. The summed E-state index contributed by atoms with van der Waals surface area (Å²) < 4.78 is 38.5. The molecule has 0 unspecified atom stereocenters. The first-order valence-corrected chi connectivity index (χ1v) is 10.2. The molecular formula is C19H22N2O5S. The lowest BCUT2D eigenvalue weighted by atomic mass is 10.3. The minimum Gasteiger partial charge on any atom is -0.493 e. The highest BCUT2D eigenvalue weighted by molar-refractivity contribution is 7.92. The third-order valence-electron chi connectivity index (χ3n) is 4.25. The number of sulfonamides is 1. The van der Waals surface area contributed by atoms with Gasteiger partial charge in [0.25, 0.3) is 10.0 Å². The van der Waals surface area contributed by atoms with Crippen LogP contribution in [0.4, 0.5) is 11.4 Å². The van der Waals surface area contributed by atoms with E-state index in [-0.39, 0.29) is 10.8 Å². The van der Waals surface area contributed by atoms with Gasteiger partial charge in [-0.15, -0.1) is 0 Å². The summed E-state index contributed by atoms with van der Waals surface area (Å²) in [4.78, 5) is 13.6. The number of amides is 1. The van der Waals surface area contributed by atoms with Crippen molar-refractivity contribution in [3.05, 3.63) is 42.5 Å². The van der Waals surface area contributed by atoms with E-state index < -0.39 is 10.0 Å². The van der Waals surface area contributed by atoms with Gasteiger partial charge in [-0.2, -0.15) is 0 Å². The Kier molecular flexibility index (Phi) is 5.55. The van der Waals surface area contributed by atoms with Gasteiger partial charge < -0.3 is 14.4 Å². The number of anilines is 2. The fourth-order valence-corrected chi connectivity index (χ4v) is 4.00. The van der Waals surface area contributed by atoms with Gasteiger partial charge in [-0.3, -0.25) is 9.52 Å². The molecule has 1 amide bonds. The van der Waals surface area contributed by atoms with Gasteiger partial charge in [-0.25, -0.2) is 8.42 Å². The van der Waals surface area contributed by atoms with Crippen molar-refractivity contribution in [1.29, 1.82) is 0 Å². The van der Waals surface area contributed by atoms with Crippen LogP contribution in [0.2, 0.25) is 0 Å². The Labute approximate surface area is 158 Å². The van der Waals surface area contributed by atoms with Crippen molar-refractivity contribution >= 4 is 27.3 Å². The molecule has 0 radical (unpaired) electrons. The molecule has 0 aromatic heterocycles. The quantitative estimate of drug-likeness (QED) is 0.786. The largest absolute Gasteiger partial charge is 0.493 e. The van der Waals surface area contributed by atoms with E-state index in [2.05, 4.69) is 4.72 Å². The van der Waals surface area contributed by atoms with Crippen molar-refractivity contribution in [3.8, 4) is 11.5 Å². The van der Waals surface area contributed by atoms with Crippen molar-refractivity contribution in [3.63, 3.8) is 0 Å². The van der Waals surface area contributed by atoms with E-state index >= 15 is 0 Å². The number of carbonyl (C=O) groups excluding carboxylic acids is 1. The monoisotopic (exact) mass is 390 g/mol. The normalized spacial score (nSPS) is 14.3. The molecule has 0 aliphatic carbocycles. The van der Waals surface area contributed by atoms with E-state index in [0.29, 0.717) is 42.4 Å². The molecule has 1 heterocycles. The van der Waals surface area contributed by atoms with Crippen LogP contribution in [0.15, 0.2) is 47.4 Å². The number of ether oxygens (including phenoxy) is 2. The molecule has 0 bridgehead atoms. The number of rotatable bonds is 7. The number of hydrogen-bond acceptors (Lipinski definition) is 5. The average molecular weight is 390 g/mol. The summed E-state index contributed by atoms with van der Waals surface area (Å²) in [6.45, 7) is 3.00. The summed E-state index contributed by atoms with van der Waals surface area (Å²) in [5.74, 6) is 1.05. The third kappa shape index (κ3) is 4.16. The summed E-state index contributed by atoms with van der Waals surface area (Å²) in [6, 6.07) is 11.1. The molecule has 1 aliphatic heterocycles. The molecule has 0 atom stereocenters. The van der Waals surface area contributed by atoms with E-state index in [0.717, 1.165) is 6.42 Å². The first-order chi connectivity index (χ1) is 12.9. The fraction of sp³-hybridized carbons (Fsp3) is 0.316. The van der Waals surface area contributed by atoms with Crippen LogP contribution < -0.4 is 19.1 Å². The summed E-state index contributed by atoms with van der Waals surface area (Å²) >= 11 is 0. The van der Waals surface area contributed by atoms with Gasteiger partial charge in [-0.05, 0) is 49.7 Å². The lowest BCUT2D eigenvalue weighted by molar-refractivity contribution is -0.117. The first kappa shape index (κ1) is 19.0. The topological polar surface area (TPSA) is 84.9 Å². The number of nitrogens with zero attached hydrogens (tertiary/aromatic N) is 1. The van der Waals surface area contributed by atoms with Crippen LogP contribution >= 0.6 is 0 Å². The predicted molar refractivity (Wildman–Crippen MR) is 103 cm³/mol. The van der Waals surface area contributed by atoms with Crippen LogP contribution in [-0.4, -0.2) is 34.6 Å². The second kappa shape index (κ2) is 7.87. The zero-order valence-corrected chi connectivity index (χ0v) is 16.1. The molecule has 144 valence electrons. The lowest BCUT2D eigenvalue weighted by Crippen LogP contribution is -2.23. The van der Waals surface area contributed by atoms with Crippen LogP contribution in [0.1, 0.15) is 19.8 Å². The molecule has 8 heteroatoms. The average Bonchev–Trinajstić information content (AvgIpc) is 3.09. The highest BCUT2D eigenvalue weighted by Crippen LogP contribution is 2.31. The van der Waals surface area contributed by atoms with Crippen LogP contribution in [-0.2, 0) is 14.8 Å². The van der Waals surface area contributed by atoms with Gasteiger partial charge >= 0.3 is 0 Å². The van der Waals surface area contributed by atoms with Gasteiger partial charge in [-0.1, -0.05) is 0 Å². The van der Waals surface area contributed by atoms with E-state index in [4.69, 9.17) is 9.47 Å². The minimum atomic E-state index is -3.77. The maximum absolute atomic E-state index is 12.6. The molecule has 0 spiro atoms. The minimum absolute atomic E-state index is 0.0604. The highest BCUT2D eigenvalue weighted by atomic mass is 32.2. The van der Waals surface area contributed by atoms with Gasteiger partial charge in [0.2, 0.25) is 5.91 Å². The summed E-state index contributed by atoms with van der Waals surface area (Å²) in [5, 5.41) is 0. The predicted octanol–water partition coefficient (Wildman–Crippen LogP) is 3.02. The SMILES string of the molecule is CCOc1ccc(NS(=O)(=O)c2ccc(N3CCCC3=O)cc2)cc1OC. The molecule has 1 saturated heterocycles. The van der Waals surface area contributed by atoms with Crippen molar-refractivity contribution in [2.24, 2.45) is 0 Å². The molecule has 27 heavy (non-hydrogen) atoms. The number of carbonyl (C=O) groups is 1. The Hall–Kier alpha value is -2.74. The summed E-state index contributed by atoms with van der Waals surface area (Å²) in [7, 11) is -2.27. The van der Waals surface area contributed by atoms with E-state index in [1.54, 1.807) is 35.2 Å². The zero-order chi connectivity index (χ0) is 19.4. The summed E-state index contributed by atoms with van der Waals surface area (Å²) in [6.07, 6.45) is 1.35. The third-order valence-corrected chi connectivity index (χ3v) is 5.64. The molecule has 1 fully saturated rings. The Morgan fingerprint density at radius 2 is 1.85 bits per heavy atom. The van der Waals surface area contributed by atoms with Crippen molar-refractivity contribution in [2.45, 2.75) is 24.7 Å². The lowest BCUT2D eigenvalue weighted by Gasteiger charge is -2.16. The van der Waals surface area contributed by atoms with E-state index in [9.17, 15) is 13.2 Å². The van der Waals surface area contributed by atoms with Gasteiger partial charge in [0.05, 0.1) is 24.3 Å². The molecular weight excluding hydrogens is 368 g/mol. The van der Waals surface area contributed by atoms with E-state index in [1.807, 2.05) is 6.92 Å². The van der Waals surface area contributed by atoms with E-state index in [1.165, 1.54) is 19.2 Å². The van der Waals surface area contributed by atoms with Crippen molar-refractivity contribution in [1.82, 2.24) is 0 Å². The van der Waals surface area contributed by atoms with Gasteiger partial charge in [0, 0.05) is 24.7 Å². The molecule has 3 rings (SSSR count). The fourth-order valence-electron chi connectivity index (χ4n) is 2.95. The standard InChI is InChI=1S/C19H22N2O5S/c1-3-26-17-11-6-14(13-18(17)25-2)20-27(23,24)16-9-7-15(8-10-16)21-12-4-5-19(21)22/h6-11,13,20H,3-5,12H2,1-2H3. The molecule has 1 aliphatic rings. The molecule has 0 saturated carbocycles.